The highest BCUT2D eigenvalue weighted by molar-refractivity contribution is 5.26. The first-order chi connectivity index (χ1) is 11.7. The number of rotatable bonds is 6. The largest absolute Gasteiger partial charge is 0.416 e. The van der Waals surface area contributed by atoms with Crippen molar-refractivity contribution in [3.8, 4) is 0 Å². The molecule has 0 bridgehead atoms. The smallest absolute Gasteiger partial charge is 0.390 e. The maximum Gasteiger partial charge on any atom is 0.416 e. The van der Waals surface area contributed by atoms with Crippen molar-refractivity contribution in [2.24, 2.45) is 5.73 Å². The molecule has 2 atom stereocenters. The fourth-order valence-corrected chi connectivity index (χ4v) is 2.34. The molecule has 3 nitrogen and oxygen atoms in total. The SMILES string of the molecule is NC(c1cc(F)cc(F)c1)C(O)CNCc1cccc(C(F)(F)F)c1. The van der Waals surface area contributed by atoms with Gasteiger partial charge in [-0.2, -0.15) is 13.2 Å². The van der Waals surface area contributed by atoms with Crippen molar-refractivity contribution >= 4 is 0 Å². The van der Waals surface area contributed by atoms with Crippen molar-refractivity contribution < 1.29 is 27.1 Å². The number of nitrogens with two attached hydrogens (primary N) is 1. The van der Waals surface area contributed by atoms with Crippen LogP contribution in [-0.4, -0.2) is 17.8 Å². The molecule has 0 aliphatic carbocycles. The van der Waals surface area contributed by atoms with Crippen LogP contribution in [-0.2, 0) is 12.7 Å². The van der Waals surface area contributed by atoms with E-state index in [1.807, 2.05) is 0 Å². The van der Waals surface area contributed by atoms with Crippen molar-refractivity contribution in [3.05, 3.63) is 70.8 Å². The highest BCUT2D eigenvalue weighted by atomic mass is 19.4. The first-order valence-electron chi connectivity index (χ1n) is 7.43. The van der Waals surface area contributed by atoms with Gasteiger partial charge in [-0.3, -0.25) is 0 Å². The summed E-state index contributed by atoms with van der Waals surface area (Å²) in [6, 6.07) is 6.45. The lowest BCUT2D eigenvalue weighted by molar-refractivity contribution is -0.137. The van der Waals surface area contributed by atoms with E-state index < -0.39 is 35.5 Å². The Labute approximate surface area is 141 Å². The van der Waals surface area contributed by atoms with E-state index in [1.54, 1.807) is 0 Å². The van der Waals surface area contributed by atoms with E-state index in [1.165, 1.54) is 12.1 Å². The van der Waals surface area contributed by atoms with Crippen molar-refractivity contribution in [3.63, 3.8) is 0 Å². The van der Waals surface area contributed by atoms with Gasteiger partial charge in [-0.25, -0.2) is 8.78 Å². The molecular weight excluding hydrogens is 343 g/mol. The third kappa shape index (κ3) is 5.48. The number of nitrogens with one attached hydrogen (secondary N) is 1. The molecule has 2 unspecified atom stereocenters. The van der Waals surface area contributed by atoms with Crippen LogP contribution in [0.2, 0.25) is 0 Å². The number of aliphatic hydroxyl groups excluding tert-OH is 1. The van der Waals surface area contributed by atoms with Crippen LogP contribution < -0.4 is 11.1 Å². The second-order valence-electron chi connectivity index (χ2n) is 5.62. The predicted octanol–water partition coefficient (Wildman–Crippen LogP) is 3.13. The van der Waals surface area contributed by atoms with Crippen LogP contribution in [0.4, 0.5) is 22.0 Å². The van der Waals surface area contributed by atoms with Crippen LogP contribution >= 0.6 is 0 Å². The first kappa shape index (κ1) is 19.3. The summed E-state index contributed by atoms with van der Waals surface area (Å²) in [6.45, 7) is 0.0146. The molecule has 8 heteroatoms. The molecule has 2 aromatic carbocycles. The molecule has 0 amide bonds. The van der Waals surface area contributed by atoms with E-state index in [2.05, 4.69) is 5.32 Å². The van der Waals surface area contributed by atoms with Gasteiger partial charge in [-0.1, -0.05) is 18.2 Å². The van der Waals surface area contributed by atoms with Gasteiger partial charge in [0.15, 0.2) is 0 Å². The van der Waals surface area contributed by atoms with Gasteiger partial charge in [0.2, 0.25) is 0 Å². The normalized spacial score (nSPS) is 14.4. The van der Waals surface area contributed by atoms with Gasteiger partial charge in [-0.15, -0.1) is 0 Å². The van der Waals surface area contributed by atoms with Crippen molar-refractivity contribution in [1.82, 2.24) is 5.32 Å². The summed E-state index contributed by atoms with van der Waals surface area (Å²) in [7, 11) is 0. The Hall–Kier alpha value is -2.03. The van der Waals surface area contributed by atoms with Gasteiger partial charge in [0, 0.05) is 19.2 Å². The summed E-state index contributed by atoms with van der Waals surface area (Å²) < 4.78 is 64.3. The van der Waals surface area contributed by atoms with Crippen LogP contribution in [0.3, 0.4) is 0 Å². The van der Waals surface area contributed by atoms with Crippen LogP contribution in [0.25, 0.3) is 0 Å². The topological polar surface area (TPSA) is 58.3 Å². The minimum absolute atomic E-state index is 0.0600. The van der Waals surface area contributed by atoms with Crippen LogP contribution in [0, 0.1) is 11.6 Å². The third-order valence-electron chi connectivity index (χ3n) is 3.62. The van der Waals surface area contributed by atoms with Gasteiger partial charge < -0.3 is 16.2 Å². The lowest BCUT2D eigenvalue weighted by atomic mass is 10.0. The standard InChI is InChI=1S/C17H17F5N2O/c18-13-5-11(6-14(19)7-13)16(23)15(25)9-24-8-10-2-1-3-12(4-10)17(20,21)22/h1-7,15-16,24-25H,8-9,23H2. The summed E-state index contributed by atoms with van der Waals surface area (Å²) in [5.41, 5.74) is 5.47. The summed E-state index contributed by atoms with van der Waals surface area (Å²) in [5, 5.41) is 12.8. The quantitative estimate of drug-likeness (QED) is 0.694. The van der Waals surface area contributed by atoms with E-state index >= 15 is 0 Å². The zero-order valence-corrected chi connectivity index (χ0v) is 13.0. The van der Waals surface area contributed by atoms with Crippen molar-refractivity contribution in [1.29, 1.82) is 0 Å². The number of halogens is 5. The third-order valence-corrected chi connectivity index (χ3v) is 3.62. The Morgan fingerprint density at radius 3 is 2.28 bits per heavy atom. The van der Waals surface area contributed by atoms with Gasteiger partial charge in [0.05, 0.1) is 17.7 Å². The van der Waals surface area contributed by atoms with E-state index in [0.717, 1.165) is 24.3 Å². The highest BCUT2D eigenvalue weighted by Gasteiger charge is 2.30. The van der Waals surface area contributed by atoms with Crippen LogP contribution in [0.5, 0.6) is 0 Å². The monoisotopic (exact) mass is 360 g/mol. The molecule has 136 valence electrons. The van der Waals surface area contributed by atoms with Gasteiger partial charge in [-0.05, 0) is 29.3 Å². The molecule has 0 saturated carbocycles. The Morgan fingerprint density at radius 2 is 1.68 bits per heavy atom. The molecule has 0 aliphatic heterocycles. The molecule has 2 aromatic rings. The molecule has 0 heterocycles. The summed E-state index contributed by atoms with van der Waals surface area (Å²) in [4.78, 5) is 0. The molecule has 0 radical (unpaired) electrons. The average molecular weight is 360 g/mol. The fourth-order valence-electron chi connectivity index (χ4n) is 2.34. The zero-order valence-electron chi connectivity index (χ0n) is 13.0. The molecule has 0 fully saturated rings. The lowest BCUT2D eigenvalue weighted by Gasteiger charge is -2.20. The Morgan fingerprint density at radius 1 is 1.04 bits per heavy atom. The van der Waals surface area contributed by atoms with Crippen LogP contribution in [0.1, 0.15) is 22.7 Å². The maximum atomic E-state index is 13.2. The molecule has 0 spiro atoms. The summed E-state index contributed by atoms with van der Waals surface area (Å²) >= 11 is 0. The van der Waals surface area contributed by atoms with Crippen molar-refractivity contribution in [2.45, 2.75) is 24.9 Å². The molecule has 25 heavy (non-hydrogen) atoms. The number of aliphatic hydroxyl groups is 1. The zero-order chi connectivity index (χ0) is 18.6. The molecule has 2 rings (SSSR count). The molecule has 0 saturated heterocycles. The van der Waals surface area contributed by atoms with Gasteiger partial charge in [0.25, 0.3) is 0 Å². The number of alkyl halides is 3. The molecule has 4 N–H and O–H groups in total. The Kier molecular flexibility index (Phi) is 6.10. The molecular formula is C17H17F5N2O. The predicted molar refractivity (Wildman–Crippen MR) is 82.4 cm³/mol. The van der Waals surface area contributed by atoms with E-state index in [9.17, 15) is 27.1 Å². The minimum Gasteiger partial charge on any atom is -0.390 e. The van der Waals surface area contributed by atoms with E-state index in [-0.39, 0.29) is 18.7 Å². The van der Waals surface area contributed by atoms with Crippen LogP contribution in [0.15, 0.2) is 42.5 Å². The molecule has 0 aromatic heterocycles. The highest BCUT2D eigenvalue weighted by Crippen LogP contribution is 2.29. The summed E-state index contributed by atoms with van der Waals surface area (Å²) in [6.07, 6.45) is -5.61. The average Bonchev–Trinajstić information content (AvgIpc) is 2.52. The van der Waals surface area contributed by atoms with E-state index in [4.69, 9.17) is 5.73 Å². The Bertz CT molecular complexity index is 700. The second-order valence-corrected chi connectivity index (χ2v) is 5.62. The maximum absolute atomic E-state index is 13.2. The number of hydrogen-bond donors (Lipinski definition) is 3. The lowest BCUT2D eigenvalue weighted by Crippen LogP contribution is -2.35. The first-order valence-corrected chi connectivity index (χ1v) is 7.43. The summed E-state index contributed by atoms with van der Waals surface area (Å²) in [5.74, 6) is -1.62. The molecule has 0 aliphatic rings. The number of hydrogen-bond acceptors (Lipinski definition) is 3. The van der Waals surface area contributed by atoms with E-state index in [0.29, 0.717) is 11.6 Å². The second kappa shape index (κ2) is 7.90. The number of benzene rings is 2. The Balaban J connectivity index is 1.93. The van der Waals surface area contributed by atoms with Crippen molar-refractivity contribution in [2.75, 3.05) is 6.54 Å². The minimum atomic E-state index is -4.43. The fraction of sp³-hybridized carbons (Fsp3) is 0.294. The van der Waals surface area contributed by atoms with Gasteiger partial charge >= 0.3 is 6.18 Å². The van der Waals surface area contributed by atoms with Gasteiger partial charge in [0.1, 0.15) is 11.6 Å².